The molecule has 3 aromatic carbocycles. The first-order chi connectivity index (χ1) is 15.8. The summed E-state index contributed by atoms with van der Waals surface area (Å²) in [5.41, 5.74) is 0.898. The number of benzene rings is 3. The summed E-state index contributed by atoms with van der Waals surface area (Å²) in [6, 6.07) is 21.4. The predicted octanol–water partition coefficient (Wildman–Crippen LogP) is 3.59. The fourth-order valence-corrected chi connectivity index (χ4v) is 3.93. The minimum Gasteiger partial charge on any atom is -0.324 e. The van der Waals surface area contributed by atoms with Crippen LogP contribution >= 0.6 is 0 Å². The van der Waals surface area contributed by atoms with Gasteiger partial charge in [0.05, 0.1) is 17.1 Å². The van der Waals surface area contributed by atoms with Crippen molar-refractivity contribution in [2.24, 2.45) is 0 Å². The third kappa shape index (κ3) is 6.21. The molecule has 3 aromatic rings. The molecular weight excluding hydrogens is 452 g/mol. The molecule has 10 heteroatoms. The average molecular weight is 474 g/mol. The summed E-state index contributed by atoms with van der Waals surface area (Å²) in [5.74, 6) is -4.75. The van der Waals surface area contributed by atoms with Crippen molar-refractivity contribution in [3.63, 3.8) is 0 Å². The SMILES string of the molecule is O=C(CNC(C(=O)Nc1ccccc1)c1ccccc1)Nc1ccccc1S(=O)(=O)C(F)F. The van der Waals surface area contributed by atoms with E-state index in [1.807, 2.05) is 0 Å². The largest absolute Gasteiger partial charge is 0.341 e. The van der Waals surface area contributed by atoms with E-state index in [1.165, 1.54) is 18.2 Å². The number of rotatable bonds is 9. The Morgan fingerprint density at radius 3 is 2.00 bits per heavy atom. The lowest BCUT2D eigenvalue weighted by Crippen LogP contribution is -2.38. The van der Waals surface area contributed by atoms with E-state index in [2.05, 4.69) is 16.0 Å². The Bertz CT molecular complexity index is 1210. The molecule has 0 saturated carbocycles. The summed E-state index contributed by atoms with van der Waals surface area (Å²) < 4.78 is 49.7. The average Bonchev–Trinajstić information content (AvgIpc) is 2.80. The summed E-state index contributed by atoms with van der Waals surface area (Å²) in [5, 5.41) is 7.92. The number of para-hydroxylation sites is 2. The molecule has 0 fully saturated rings. The molecule has 33 heavy (non-hydrogen) atoms. The third-order valence-electron chi connectivity index (χ3n) is 4.61. The van der Waals surface area contributed by atoms with E-state index in [1.54, 1.807) is 60.7 Å². The summed E-state index contributed by atoms with van der Waals surface area (Å²) in [6.45, 7) is -0.384. The number of anilines is 2. The first kappa shape index (κ1) is 24.0. The van der Waals surface area contributed by atoms with Crippen molar-refractivity contribution in [2.75, 3.05) is 17.2 Å². The molecule has 0 heterocycles. The van der Waals surface area contributed by atoms with Crippen molar-refractivity contribution in [1.29, 1.82) is 0 Å². The fraction of sp³-hybridized carbons (Fsp3) is 0.130. The van der Waals surface area contributed by atoms with Crippen LogP contribution in [0.1, 0.15) is 11.6 Å². The van der Waals surface area contributed by atoms with Crippen LogP contribution in [-0.2, 0) is 19.4 Å². The highest BCUT2D eigenvalue weighted by Gasteiger charge is 2.29. The van der Waals surface area contributed by atoms with E-state index in [4.69, 9.17) is 0 Å². The van der Waals surface area contributed by atoms with Crippen LogP contribution in [-0.4, -0.2) is 32.5 Å². The van der Waals surface area contributed by atoms with Gasteiger partial charge in [0.15, 0.2) is 0 Å². The highest BCUT2D eigenvalue weighted by atomic mass is 32.2. The Labute approximate surface area is 189 Å². The van der Waals surface area contributed by atoms with Crippen LogP contribution < -0.4 is 16.0 Å². The fourth-order valence-electron chi connectivity index (χ4n) is 3.05. The maximum Gasteiger partial charge on any atom is 0.341 e. The van der Waals surface area contributed by atoms with Gasteiger partial charge in [-0.05, 0) is 29.8 Å². The number of alkyl halides is 2. The van der Waals surface area contributed by atoms with Gasteiger partial charge in [0.1, 0.15) is 6.04 Å². The number of nitrogens with one attached hydrogen (secondary N) is 3. The van der Waals surface area contributed by atoms with Crippen LogP contribution in [0.25, 0.3) is 0 Å². The highest BCUT2D eigenvalue weighted by molar-refractivity contribution is 7.91. The molecule has 2 amide bonds. The molecule has 1 unspecified atom stereocenters. The zero-order valence-electron chi connectivity index (χ0n) is 17.2. The summed E-state index contributed by atoms with van der Waals surface area (Å²) in [4.78, 5) is 24.7. The van der Waals surface area contributed by atoms with Crippen molar-refractivity contribution < 1.29 is 26.8 Å². The van der Waals surface area contributed by atoms with Crippen LogP contribution in [0.4, 0.5) is 20.2 Å². The molecule has 172 valence electrons. The third-order valence-corrected chi connectivity index (χ3v) is 6.04. The van der Waals surface area contributed by atoms with Gasteiger partial charge in [0, 0.05) is 5.69 Å². The molecule has 0 aliphatic heterocycles. The topological polar surface area (TPSA) is 104 Å². The van der Waals surface area contributed by atoms with Gasteiger partial charge in [-0.3, -0.25) is 14.9 Å². The van der Waals surface area contributed by atoms with Crippen LogP contribution in [0.5, 0.6) is 0 Å². The minimum atomic E-state index is -4.91. The van der Waals surface area contributed by atoms with Crippen molar-refractivity contribution in [3.8, 4) is 0 Å². The van der Waals surface area contributed by atoms with E-state index in [0.717, 1.165) is 6.07 Å². The lowest BCUT2D eigenvalue weighted by atomic mass is 10.1. The maximum atomic E-state index is 13.0. The summed E-state index contributed by atoms with van der Waals surface area (Å²) >= 11 is 0. The van der Waals surface area contributed by atoms with Gasteiger partial charge in [-0.2, -0.15) is 8.78 Å². The van der Waals surface area contributed by atoms with Crippen LogP contribution in [0.15, 0.2) is 89.8 Å². The standard InChI is InChI=1S/C23H21F2N3O4S/c24-23(25)33(31,32)19-14-8-7-13-18(19)28-20(29)15-26-21(16-9-3-1-4-10-16)22(30)27-17-11-5-2-6-12-17/h1-14,21,23,26H,15H2,(H,27,30)(H,28,29). The van der Waals surface area contributed by atoms with E-state index in [9.17, 15) is 26.8 Å². The number of sulfone groups is 1. The summed E-state index contributed by atoms with van der Waals surface area (Å²) in [7, 11) is -4.91. The first-order valence-corrected chi connectivity index (χ1v) is 11.4. The van der Waals surface area contributed by atoms with Crippen molar-refractivity contribution >= 4 is 33.0 Å². The smallest absolute Gasteiger partial charge is 0.324 e. The number of carbonyl (C=O) groups excluding carboxylic acids is 2. The number of hydrogen-bond acceptors (Lipinski definition) is 5. The monoisotopic (exact) mass is 473 g/mol. The van der Waals surface area contributed by atoms with Crippen molar-refractivity contribution in [1.82, 2.24) is 5.32 Å². The normalized spacial score (nSPS) is 12.2. The number of halogens is 2. The molecule has 0 saturated heterocycles. The molecule has 3 N–H and O–H groups in total. The number of hydrogen-bond donors (Lipinski definition) is 3. The van der Waals surface area contributed by atoms with Crippen LogP contribution in [0.3, 0.4) is 0 Å². The van der Waals surface area contributed by atoms with Gasteiger partial charge in [-0.25, -0.2) is 8.42 Å². The van der Waals surface area contributed by atoms with Gasteiger partial charge in [0.25, 0.3) is 0 Å². The number of amides is 2. The second-order valence-electron chi connectivity index (χ2n) is 6.93. The van der Waals surface area contributed by atoms with Crippen LogP contribution in [0, 0.1) is 0 Å². The molecular formula is C23H21F2N3O4S. The zero-order valence-corrected chi connectivity index (χ0v) is 18.1. The van der Waals surface area contributed by atoms with Gasteiger partial charge in [-0.15, -0.1) is 0 Å². The Morgan fingerprint density at radius 2 is 1.36 bits per heavy atom. The zero-order chi connectivity index (χ0) is 23.8. The minimum absolute atomic E-state index is 0.269. The molecule has 0 aliphatic carbocycles. The number of carbonyl (C=O) groups is 2. The molecule has 7 nitrogen and oxygen atoms in total. The molecule has 0 radical (unpaired) electrons. The van der Waals surface area contributed by atoms with Gasteiger partial charge in [-0.1, -0.05) is 60.7 Å². The van der Waals surface area contributed by atoms with Crippen LogP contribution in [0.2, 0.25) is 0 Å². The van der Waals surface area contributed by atoms with Gasteiger partial charge >= 0.3 is 5.76 Å². The van der Waals surface area contributed by atoms with E-state index in [0.29, 0.717) is 11.3 Å². The molecule has 0 aromatic heterocycles. The second kappa shape index (κ2) is 10.8. The maximum absolute atomic E-state index is 13.0. The van der Waals surface area contributed by atoms with E-state index in [-0.39, 0.29) is 12.2 Å². The lowest BCUT2D eigenvalue weighted by Gasteiger charge is -2.19. The quantitative estimate of drug-likeness (QED) is 0.441. The predicted molar refractivity (Wildman–Crippen MR) is 121 cm³/mol. The van der Waals surface area contributed by atoms with Crippen molar-refractivity contribution in [2.45, 2.75) is 16.7 Å². The Morgan fingerprint density at radius 1 is 0.788 bits per heavy atom. The van der Waals surface area contributed by atoms with Crippen molar-refractivity contribution in [3.05, 3.63) is 90.5 Å². The molecule has 3 rings (SSSR count). The first-order valence-electron chi connectivity index (χ1n) is 9.84. The molecule has 1 atom stereocenters. The highest BCUT2D eigenvalue weighted by Crippen LogP contribution is 2.26. The second-order valence-corrected chi connectivity index (χ2v) is 8.82. The molecule has 0 bridgehead atoms. The molecule has 0 spiro atoms. The van der Waals surface area contributed by atoms with E-state index >= 15 is 0 Å². The van der Waals surface area contributed by atoms with Gasteiger partial charge in [0.2, 0.25) is 21.7 Å². The molecule has 0 aliphatic rings. The lowest BCUT2D eigenvalue weighted by molar-refractivity contribution is -0.119. The Hall–Kier alpha value is -3.63. The van der Waals surface area contributed by atoms with Gasteiger partial charge < -0.3 is 10.6 Å². The Kier molecular flexibility index (Phi) is 7.86. The van der Waals surface area contributed by atoms with E-state index < -0.39 is 38.3 Å². The Balaban J connectivity index is 1.74. The summed E-state index contributed by atoms with van der Waals surface area (Å²) in [6.07, 6.45) is 0.